The van der Waals surface area contributed by atoms with Gasteiger partial charge in [0.05, 0.1) is 6.20 Å². The number of alkyl halides is 3. The first kappa shape index (κ1) is 11.4. The zero-order valence-electron chi connectivity index (χ0n) is 8.49. The molecule has 0 saturated heterocycles. The van der Waals surface area contributed by atoms with E-state index in [0.717, 1.165) is 0 Å². The summed E-state index contributed by atoms with van der Waals surface area (Å²) in [5, 5.41) is 12.2. The van der Waals surface area contributed by atoms with Crippen LogP contribution in [0, 0.1) is 6.92 Å². The second kappa shape index (κ2) is 3.44. The van der Waals surface area contributed by atoms with Crippen molar-refractivity contribution in [3.8, 4) is 0 Å². The van der Waals surface area contributed by atoms with Gasteiger partial charge in [-0.05, 0) is 6.92 Å². The first-order valence-electron chi connectivity index (χ1n) is 4.46. The summed E-state index contributed by atoms with van der Waals surface area (Å²) in [6.07, 6.45) is -2.92. The summed E-state index contributed by atoms with van der Waals surface area (Å²) >= 11 is 0. The fourth-order valence-corrected chi connectivity index (χ4v) is 1.47. The van der Waals surface area contributed by atoms with E-state index in [-0.39, 0.29) is 5.65 Å². The van der Waals surface area contributed by atoms with Crippen LogP contribution in [0.25, 0.3) is 5.65 Å². The highest BCUT2D eigenvalue weighted by Crippen LogP contribution is 2.32. The molecule has 0 aliphatic rings. The van der Waals surface area contributed by atoms with Crippen LogP contribution in [-0.4, -0.2) is 25.7 Å². The van der Waals surface area contributed by atoms with Crippen molar-refractivity contribution >= 4 is 11.6 Å². The molecule has 2 heterocycles. The number of nitrogens with zero attached hydrogens (tertiary/aromatic N) is 3. The lowest BCUT2D eigenvalue weighted by Gasteiger charge is -2.11. The van der Waals surface area contributed by atoms with Crippen molar-refractivity contribution in [2.75, 3.05) is 0 Å². The Kier molecular flexibility index (Phi) is 2.30. The molecule has 5 nitrogen and oxygen atoms in total. The highest BCUT2D eigenvalue weighted by atomic mass is 19.4. The number of hydrogen-bond acceptors (Lipinski definition) is 3. The molecule has 0 saturated carbocycles. The fraction of sp³-hybridized carbons (Fsp3) is 0.222. The third-order valence-electron chi connectivity index (χ3n) is 2.20. The molecule has 8 heteroatoms. The normalized spacial score (nSPS) is 12.0. The van der Waals surface area contributed by atoms with Crippen molar-refractivity contribution in [1.82, 2.24) is 14.6 Å². The molecule has 0 fully saturated rings. The number of carboxylic acids is 1. The largest absolute Gasteiger partial charge is 0.478 e. The number of carbonyl (C=O) groups is 1. The molecular formula is C9H6F3N3O2. The zero-order chi connectivity index (χ0) is 12.8. The molecule has 1 N–H and O–H groups in total. The van der Waals surface area contributed by atoms with Crippen LogP contribution in [0.1, 0.15) is 21.6 Å². The Morgan fingerprint density at radius 3 is 2.59 bits per heavy atom. The molecule has 90 valence electrons. The fourth-order valence-electron chi connectivity index (χ4n) is 1.47. The molecule has 0 unspecified atom stereocenters. The van der Waals surface area contributed by atoms with Gasteiger partial charge in [0.2, 0.25) is 0 Å². The maximum Gasteiger partial charge on any atom is 0.434 e. The molecule has 2 aromatic heterocycles. The minimum absolute atomic E-state index is 0.0117. The monoisotopic (exact) mass is 245 g/mol. The van der Waals surface area contributed by atoms with Crippen molar-refractivity contribution in [1.29, 1.82) is 0 Å². The predicted molar refractivity (Wildman–Crippen MR) is 49.7 cm³/mol. The highest BCUT2D eigenvalue weighted by Gasteiger charge is 2.39. The van der Waals surface area contributed by atoms with E-state index >= 15 is 0 Å². The van der Waals surface area contributed by atoms with E-state index in [1.807, 2.05) is 0 Å². The number of rotatable bonds is 1. The van der Waals surface area contributed by atoms with Crippen molar-refractivity contribution < 1.29 is 23.1 Å². The first-order chi connectivity index (χ1) is 7.82. The minimum Gasteiger partial charge on any atom is -0.478 e. The Hall–Kier alpha value is -2.12. The smallest absolute Gasteiger partial charge is 0.434 e. The Labute approximate surface area is 92.5 Å². The molecule has 2 rings (SSSR count). The molecular weight excluding hydrogens is 239 g/mol. The summed E-state index contributed by atoms with van der Waals surface area (Å²) in [5.41, 5.74) is -1.83. The van der Waals surface area contributed by atoms with Crippen LogP contribution in [0.3, 0.4) is 0 Å². The molecule has 0 amide bonds. The van der Waals surface area contributed by atoms with Gasteiger partial charge in [-0.3, -0.25) is 0 Å². The third kappa shape index (κ3) is 1.71. The molecule has 0 radical (unpaired) electrons. The quantitative estimate of drug-likeness (QED) is 0.831. The molecule has 2 aromatic rings. The van der Waals surface area contributed by atoms with Gasteiger partial charge in [-0.1, -0.05) is 0 Å². The number of hydrogen-bond donors (Lipinski definition) is 1. The number of halogens is 3. The Morgan fingerprint density at radius 1 is 1.41 bits per heavy atom. The van der Waals surface area contributed by atoms with Gasteiger partial charge in [-0.25, -0.2) is 14.3 Å². The highest BCUT2D eigenvalue weighted by molar-refractivity contribution is 5.89. The molecule has 0 aliphatic carbocycles. The number of carboxylic acid groups (broad SMARTS) is 1. The molecule has 17 heavy (non-hydrogen) atoms. The second-order valence-electron chi connectivity index (χ2n) is 3.39. The summed E-state index contributed by atoms with van der Waals surface area (Å²) < 4.78 is 38.9. The van der Waals surface area contributed by atoms with Crippen molar-refractivity contribution in [3.05, 3.63) is 29.2 Å². The van der Waals surface area contributed by atoms with Gasteiger partial charge in [-0.2, -0.15) is 18.3 Å². The van der Waals surface area contributed by atoms with E-state index in [9.17, 15) is 18.0 Å². The van der Waals surface area contributed by atoms with Gasteiger partial charge in [0.1, 0.15) is 5.56 Å². The Morgan fingerprint density at radius 2 is 2.06 bits per heavy atom. The van der Waals surface area contributed by atoms with Crippen LogP contribution in [0.5, 0.6) is 0 Å². The average Bonchev–Trinajstić information content (AvgIpc) is 2.57. The lowest BCUT2D eigenvalue weighted by atomic mass is 10.2. The summed E-state index contributed by atoms with van der Waals surface area (Å²) in [6.45, 7) is 1.54. The molecule has 0 spiro atoms. The van der Waals surface area contributed by atoms with Crippen molar-refractivity contribution in [2.45, 2.75) is 13.1 Å². The topological polar surface area (TPSA) is 67.5 Å². The lowest BCUT2D eigenvalue weighted by Crippen LogP contribution is -2.19. The van der Waals surface area contributed by atoms with Gasteiger partial charge < -0.3 is 5.11 Å². The molecule has 0 aliphatic heterocycles. The zero-order valence-corrected chi connectivity index (χ0v) is 8.49. The summed E-state index contributed by atoms with van der Waals surface area (Å²) in [5.74, 6) is -1.69. The molecule has 0 bridgehead atoms. The van der Waals surface area contributed by atoms with E-state index < -0.39 is 23.4 Å². The lowest BCUT2D eigenvalue weighted by molar-refractivity contribution is -0.143. The predicted octanol–water partition coefficient (Wildman–Crippen LogP) is 1.75. The maximum absolute atomic E-state index is 12.8. The Balaban J connectivity index is 2.90. The molecule has 0 atom stereocenters. The van der Waals surface area contributed by atoms with E-state index in [2.05, 4.69) is 10.1 Å². The summed E-state index contributed by atoms with van der Waals surface area (Å²) in [7, 11) is 0. The second-order valence-corrected chi connectivity index (χ2v) is 3.39. The number of aromatic nitrogens is 3. The van der Waals surface area contributed by atoms with Gasteiger partial charge in [-0.15, -0.1) is 0 Å². The number of aromatic carboxylic acids is 1. The molecule has 0 aromatic carbocycles. The third-order valence-corrected chi connectivity index (χ3v) is 2.20. The number of aryl methyl sites for hydroxylation is 1. The van der Waals surface area contributed by atoms with Crippen molar-refractivity contribution in [2.24, 2.45) is 0 Å². The van der Waals surface area contributed by atoms with Crippen LogP contribution < -0.4 is 0 Å². The van der Waals surface area contributed by atoms with E-state index in [1.54, 1.807) is 0 Å². The van der Waals surface area contributed by atoms with E-state index in [0.29, 0.717) is 16.3 Å². The first-order valence-corrected chi connectivity index (χ1v) is 4.46. The average molecular weight is 245 g/mol. The van der Waals surface area contributed by atoms with Gasteiger partial charge in [0.15, 0.2) is 11.3 Å². The standard InChI is InChI=1S/C9H6F3N3O2/c1-4-2-14-15-6(9(10,11)12)5(8(16)17)3-13-7(4)15/h2-3H,1H3,(H,16,17). The SMILES string of the molecule is Cc1cnn2c(C(F)(F)F)c(C(=O)O)cnc12. The van der Waals surface area contributed by atoms with Crippen molar-refractivity contribution in [3.63, 3.8) is 0 Å². The van der Waals surface area contributed by atoms with E-state index in [1.165, 1.54) is 13.1 Å². The summed E-state index contributed by atoms with van der Waals surface area (Å²) in [6, 6.07) is 0. The summed E-state index contributed by atoms with van der Waals surface area (Å²) in [4.78, 5) is 14.4. The minimum atomic E-state index is -4.81. The van der Waals surface area contributed by atoms with Gasteiger partial charge >= 0.3 is 12.1 Å². The van der Waals surface area contributed by atoms with Gasteiger partial charge in [0.25, 0.3) is 0 Å². The maximum atomic E-state index is 12.8. The van der Waals surface area contributed by atoms with Crippen LogP contribution in [-0.2, 0) is 6.18 Å². The number of fused-ring (bicyclic) bond motifs is 1. The van der Waals surface area contributed by atoms with Crippen LogP contribution >= 0.6 is 0 Å². The van der Waals surface area contributed by atoms with Crippen LogP contribution in [0.2, 0.25) is 0 Å². The Bertz CT molecular complexity index is 603. The van der Waals surface area contributed by atoms with Crippen LogP contribution in [0.4, 0.5) is 13.2 Å². The van der Waals surface area contributed by atoms with Gasteiger partial charge in [0, 0.05) is 11.8 Å². The van der Waals surface area contributed by atoms with E-state index in [4.69, 9.17) is 5.11 Å². The van der Waals surface area contributed by atoms with Crippen LogP contribution in [0.15, 0.2) is 12.4 Å².